The van der Waals surface area contributed by atoms with Crippen molar-refractivity contribution >= 4 is 23.2 Å². The van der Waals surface area contributed by atoms with Crippen molar-refractivity contribution in [3.63, 3.8) is 0 Å². The summed E-state index contributed by atoms with van der Waals surface area (Å²) < 4.78 is 5.66. The average molecular weight is 256 g/mol. The van der Waals surface area contributed by atoms with Crippen molar-refractivity contribution in [1.29, 1.82) is 0 Å². The zero-order chi connectivity index (χ0) is 11.5. The Kier molecular flexibility index (Phi) is 3.52. The molecule has 1 atom stereocenters. The molecule has 84 valence electrons. The highest BCUT2D eigenvalue weighted by Crippen LogP contribution is 2.26. The number of aromatic nitrogens is 1. The van der Waals surface area contributed by atoms with E-state index < -0.39 is 0 Å². The van der Waals surface area contributed by atoms with Crippen LogP contribution in [0.2, 0.25) is 10.0 Å². The molecular formula is C12H11Cl2NO. The third kappa shape index (κ3) is 2.77. The third-order valence-electron chi connectivity index (χ3n) is 2.28. The number of ether oxygens (including phenoxy) is 1. The molecule has 0 aromatic carbocycles. The van der Waals surface area contributed by atoms with Gasteiger partial charge in [0.1, 0.15) is 11.1 Å². The Bertz CT molecular complexity index is 454. The molecule has 0 saturated heterocycles. The van der Waals surface area contributed by atoms with Gasteiger partial charge in [0.15, 0.2) is 0 Å². The van der Waals surface area contributed by atoms with Gasteiger partial charge in [0.2, 0.25) is 5.88 Å². The SMILES string of the molecule is CC1=CCC(Oc2ncc(Cl)cc2Cl)C=C1. The van der Waals surface area contributed by atoms with Crippen molar-refractivity contribution in [3.8, 4) is 5.88 Å². The van der Waals surface area contributed by atoms with Crippen molar-refractivity contribution < 1.29 is 4.74 Å². The normalized spacial score (nSPS) is 19.4. The maximum absolute atomic E-state index is 5.97. The van der Waals surface area contributed by atoms with Crippen LogP contribution in [0.3, 0.4) is 0 Å². The fourth-order valence-electron chi connectivity index (χ4n) is 1.43. The van der Waals surface area contributed by atoms with Crippen LogP contribution in [0.15, 0.2) is 36.1 Å². The molecule has 1 unspecified atom stereocenters. The number of hydrogen-bond donors (Lipinski definition) is 0. The minimum Gasteiger partial charge on any atom is -0.469 e. The molecule has 2 rings (SSSR count). The first-order valence-corrected chi connectivity index (χ1v) is 5.73. The number of rotatable bonds is 2. The van der Waals surface area contributed by atoms with Crippen LogP contribution in [0, 0.1) is 0 Å². The fraction of sp³-hybridized carbons (Fsp3) is 0.250. The van der Waals surface area contributed by atoms with E-state index in [4.69, 9.17) is 27.9 Å². The van der Waals surface area contributed by atoms with Gasteiger partial charge in [0.25, 0.3) is 0 Å². The van der Waals surface area contributed by atoms with Gasteiger partial charge in [0, 0.05) is 12.6 Å². The summed E-state index contributed by atoms with van der Waals surface area (Å²) in [4.78, 5) is 4.05. The van der Waals surface area contributed by atoms with Crippen molar-refractivity contribution in [1.82, 2.24) is 4.98 Å². The van der Waals surface area contributed by atoms with E-state index in [0.29, 0.717) is 15.9 Å². The van der Waals surface area contributed by atoms with Crippen LogP contribution in [0.25, 0.3) is 0 Å². The lowest BCUT2D eigenvalue weighted by Crippen LogP contribution is -2.15. The van der Waals surface area contributed by atoms with Gasteiger partial charge in [-0.05, 0) is 19.1 Å². The van der Waals surface area contributed by atoms with Crippen LogP contribution in [0.1, 0.15) is 13.3 Å². The smallest absolute Gasteiger partial charge is 0.233 e. The van der Waals surface area contributed by atoms with E-state index in [0.717, 1.165) is 6.42 Å². The monoisotopic (exact) mass is 255 g/mol. The summed E-state index contributed by atoms with van der Waals surface area (Å²) in [6.45, 7) is 2.06. The first-order valence-electron chi connectivity index (χ1n) is 4.98. The Balaban J connectivity index is 2.08. The molecule has 0 spiro atoms. The predicted molar refractivity (Wildman–Crippen MR) is 66.2 cm³/mol. The Morgan fingerprint density at radius 1 is 1.44 bits per heavy atom. The molecule has 0 amide bonds. The molecule has 1 aliphatic rings. The zero-order valence-electron chi connectivity index (χ0n) is 8.78. The number of hydrogen-bond acceptors (Lipinski definition) is 2. The van der Waals surface area contributed by atoms with Gasteiger partial charge in [-0.1, -0.05) is 40.9 Å². The molecule has 0 bridgehead atoms. The standard InChI is InChI=1S/C12H11Cl2NO/c1-8-2-4-10(5-3-8)16-12-11(14)6-9(13)7-15-12/h2-4,6-7,10H,5H2,1H3. The molecule has 16 heavy (non-hydrogen) atoms. The summed E-state index contributed by atoms with van der Waals surface area (Å²) in [5.74, 6) is 0.425. The van der Waals surface area contributed by atoms with Gasteiger partial charge < -0.3 is 4.74 Å². The van der Waals surface area contributed by atoms with Gasteiger partial charge in [-0.3, -0.25) is 0 Å². The molecule has 1 heterocycles. The van der Waals surface area contributed by atoms with E-state index in [-0.39, 0.29) is 6.10 Å². The lowest BCUT2D eigenvalue weighted by Gasteiger charge is -2.17. The minimum atomic E-state index is -0.00474. The Hall–Kier alpha value is -0.990. The molecule has 0 N–H and O–H groups in total. The summed E-state index contributed by atoms with van der Waals surface area (Å²) in [7, 11) is 0. The van der Waals surface area contributed by atoms with Crippen LogP contribution in [0.5, 0.6) is 5.88 Å². The molecule has 0 saturated carbocycles. The lowest BCUT2D eigenvalue weighted by atomic mass is 10.1. The van der Waals surface area contributed by atoms with E-state index in [1.807, 2.05) is 12.2 Å². The molecule has 0 radical (unpaired) electrons. The molecule has 1 aromatic rings. The molecule has 1 aromatic heterocycles. The first-order chi connectivity index (χ1) is 7.65. The number of halogens is 2. The summed E-state index contributed by atoms with van der Waals surface area (Å²) >= 11 is 11.7. The highest BCUT2D eigenvalue weighted by atomic mass is 35.5. The van der Waals surface area contributed by atoms with Gasteiger partial charge in [-0.2, -0.15) is 0 Å². The van der Waals surface area contributed by atoms with Crippen LogP contribution >= 0.6 is 23.2 Å². The van der Waals surface area contributed by atoms with Crippen molar-refractivity contribution in [3.05, 3.63) is 46.1 Å². The second-order valence-electron chi connectivity index (χ2n) is 3.64. The quantitative estimate of drug-likeness (QED) is 0.796. The van der Waals surface area contributed by atoms with Crippen molar-refractivity contribution in [2.24, 2.45) is 0 Å². The largest absolute Gasteiger partial charge is 0.469 e. The van der Waals surface area contributed by atoms with Crippen LogP contribution in [-0.2, 0) is 0 Å². The summed E-state index contributed by atoms with van der Waals surface area (Å²) in [5.41, 5.74) is 1.25. The second-order valence-corrected chi connectivity index (χ2v) is 4.48. The predicted octanol–water partition coefficient (Wildman–Crippen LogP) is 4.04. The van der Waals surface area contributed by atoms with E-state index in [2.05, 4.69) is 18.0 Å². The maximum Gasteiger partial charge on any atom is 0.233 e. The molecule has 1 aliphatic carbocycles. The number of nitrogens with zero attached hydrogens (tertiary/aromatic N) is 1. The van der Waals surface area contributed by atoms with Crippen molar-refractivity contribution in [2.75, 3.05) is 0 Å². The van der Waals surface area contributed by atoms with Crippen LogP contribution in [-0.4, -0.2) is 11.1 Å². The first kappa shape index (κ1) is 11.5. The molecule has 0 aliphatic heterocycles. The van der Waals surface area contributed by atoms with E-state index in [1.54, 1.807) is 6.07 Å². The summed E-state index contributed by atoms with van der Waals surface area (Å²) in [5, 5.41) is 0.944. The van der Waals surface area contributed by atoms with Gasteiger partial charge >= 0.3 is 0 Å². The lowest BCUT2D eigenvalue weighted by molar-refractivity contribution is 0.241. The second kappa shape index (κ2) is 4.89. The summed E-state index contributed by atoms with van der Waals surface area (Å²) in [6.07, 6.45) is 8.50. The molecule has 0 fully saturated rings. The van der Waals surface area contributed by atoms with E-state index in [9.17, 15) is 0 Å². The molecular weight excluding hydrogens is 245 g/mol. The van der Waals surface area contributed by atoms with Crippen LogP contribution in [0.4, 0.5) is 0 Å². The van der Waals surface area contributed by atoms with Gasteiger partial charge in [-0.25, -0.2) is 4.98 Å². The maximum atomic E-state index is 5.97. The molecule has 2 nitrogen and oxygen atoms in total. The van der Waals surface area contributed by atoms with E-state index >= 15 is 0 Å². The highest BCUT2D eigenvalue weighted by Gasteiger charge is 2.12. The van der Waals surface area contributed by atoms with Crippen LogP contribution < -0.4 is 4.74 Å². The Morgan fingerprint density at radius 2 is 2.25 bits per heavy atom. The Labute approximate surface area is 105 Å². The number of pyridine rings is 1. The highest BCUT2D eigenvalue weighted by molar-refractivity contribution is 6.35. The van der Waals surface area contributed by atoms with Gasteiger partial charge in [-0.15, -0.1) is 0 Å². The minimum absolute atomic E-state index is 0.00474. The fourth-order valence-corrected chi connectivity index (χ4v) is 1.85. The average Bonchev–Trinajstić information content (AvgIpc) is 2.25. The van der Waals surface area contributed by atoms with Gasteiger partial charge in [0.05, 0.1) is 5.02 Å². The van der Waals surface area contributed by atoms with E-state index in [1.165, 1.54) is 11.8 Å². The Morgan fingerprint density at radius 3 is 2.88 bits per heavy atom. The zero-order valence-corrected chi connectivity index (χ0v) is 10.3. The molecule has 4 heteroatoms. The third-order valence-corrected chi connectivity index (χ3v) is 2.76. The summed E-state index contributed by atoms with van der Waals surface area (Å²) in [6, 6.07) is 1.62. The topological polar surface area (TPSA) is 22.1 Å². The van der Waals surface area contributed by atoms with Crippen molar-refractivity contribution in [2.45, 2.75) is 19.4 Å². The number of allylic oxidation sites excluding steroid dienone is 2.